The number of anilines is 2. The highest BCUT2D eigenvalue weighted by Gasteiger charge is 2.21. The summed E-state index contributed by atoms with van der Waals surface area (Å²) in [5.41, 5.74) is 6.01. The SMILES string of the molecule is COc1ccccc1NS(=O)(=O)c1cccc(C(=O)Nc2c(C(N)=O)n[nH]c2C)c1. The van der Waals surface area contributed by atoms with Gasteiger partial charge < -0.3 is 15.8 Å². The standard InChI is InChI=1S/C19H19N5O5S/c1-11-16(17(18(20)25)23-22-11)21-19(26)12-6-5-7-13(10-12)30(27,28)24-14-8-3-4-9-15(14)29-2/h3-10,24H,1-2H3,(H2,20,25)(H,21,26)(H,22,23). The van der Waals surface area contributed by atoms with Crippen molar-refractivity contribution in [2.75, 3.05) is 17.1 Å². The molecule has 0 aliphatic carbocycles. The summed E-state index contributed by atoms with van der Waals surface area (Å²) in [5, 5.41) is 8.85. The number of nitrogens with one attached hydrogen (secondary N) is 3. The molecule has 0 fully saturated rings. The van der Waals surface area contributed by atoms with E-state index < -0.39 is 21.8 Å². The van der Waals surface area contributed by atoms with Crippen LogP contribution in [0, 0.1) is 6.92 Å². The molecule has 5 N–H and O–H groups in total. The summed E-state index contributed by atoms with van der Waals surface area (Å²) < 4.78 is 33.2. The number of aromatic amines is 1. The number of carbonyl (C=O) groups excluding carboxylic acids is 2. The minimum absolute atomic E-state index is 0.0638. The second-order valence-corrected chi connectivity index (χ2v) is 7.91. The molecule has 0 aliphatic rings. The summed E-state index contributed by atoms with van der Waals surface area (Å²) in [6, 6.07) is 12.0. The van der Waals surface area contributed by atoms with Gasteiger partial charge in [-0.2, -0.15) is 5.10 Å². The third kappa shape index (κ3) is 4.25. The van der Waals surface area contributed by atoms with Crippen molar-refractivity contribution in [2.45, 2.75) is 11.8 Å². The Kier molecular flexibility index (Phi) is 5.74. The van der Waals surface area contributed by atoms with Crippen LogP contribution in [0.15, 0.2) is 53.4 Å². The number of para-hydroxylation sites is 2. The zero-order valence-electron chi connectivity index (χ0n) is 16.1. The van der Waals surface area contributed by atoms with Crippen molar-refractivity contribution in [3.8, 4) is 5.75 Å². The number of sulfonamides is 1. The molecule has 2 aromatic carbocycles. The molecule has 0 saturated heterocycles. The summed E-state index contributed by atoms with van der Waals surface area (Å²) in [4.78, 5) is 24.0. The summed E-state index contributed by atoms with van der Waals surface area (Å²) in [5.74, 6) is -1.09. The molecule has 156 valence electrons. The Morgan fingerprint density at radius 2 is 1.87 bits per heavy atom. The number of primary amides is 1. The van der Waals surface area contributed by atoms with Gasteiger partial charge in [-0.15, -0.1) is 0 Å². The lowest BCUT2D eigenvalue weighted by atomic mass is 10.2. The number of H-pyrrole nitrogens is 1. The van der Waals surface area contributed by atoms with Gasteiger partial charge in [-0.3, -0.25) is 19.4 Å². The first-order valence-electron chi connectivity index (χ1n) is 8.65. The molecule has 30 heavy (non-hydrogen) atoms. The third-order valence-corrected chi connectivity index (χ3v) is 5.54. The smallest absolute Gasteiger partial charge is 0.271 e. The van der Waals surface area contributed by atoms with Crippen molar-refractivity contribution in [2.24, 2.45) is 5.73 Å². The van der Waals surface area contributed by atoms with E-state index in [-0.39, 0.29) is 27.5 Å². The Balaban J connectivity index is 1.88. The maximum atomic E-state index is 12.8. The fraction of sp³-hybridized carbons (Fsp3) is 0.105. The highest BCUT2D eigenvalue weighted by atomic mass is 32.2. The monoisotopic (exact) mass is 429 g/mol. The average molecular weight is 429 g/mol. The van der Waals surface area contributed by atoms with Crippen molar-refractivity contribution in [3.63, 3.8) is 0 Å². The Morgan fingerprint density at radius 3 is 2.57 bits per heavy atom. The maximum Gasteiger partial charge on any atom is 0.271 e. The predicted molar refractivity (Wildman–Crippen MR) is 110 cm³/mol. The fourth-order valence-electron chi connectivity index (χ4n) is 2.68. The summed E-state index contributed by atoms with van der Waals surface area (Å²) in [6.45, 7) is 1.60. The topological polar surface area (TPSA) is 156 Å². The molecule has 0 atom stereocenters. The number of benzene rings is 2. The number of nitrogens with two attached hydrogens (primary N) is 1. The molecule has 0 unspecified atom stereocenters. The molecule has 0 aliphatic heterocycles. The van der Waals surface area contributed by atoms with E-state index in [9.17, 15) is 18.0 Å². The zero-order valence-corrected chi connectivity index (χ0v) is 16.9. The number of rotatable bonds is 7. The van der Waals surface area contributed by atoms with Gasteiger partial charge in [-0.25, -0.2) is 8.42 Å². The van der Waals surface area contributed by atoms with Crippen LogP contribution >= 0.6 is 0 Å². The molecule has 3 rings (SSSR count). The molecule has 0 saturated carbocycles. The number of nitrogens with zero attached hydrogens (tertiary/aromatic N) is 1. The largest absolute Gasteiger partial charge is 0.495 e. The van der Waals surface area contributed by atoms with Crippen molar-refractivity contribution in [3.05, 3.63) is 65.5 Å². The minimum Gasteiger partial charge on any atom is -0.495 e. The van der Waals surface area contributed by atoms with Gasteiger partial charge in [0.25, 0.3) is 21.8 Å². The predicted octanol–water partition coefficient (Wildman–Crippen LogP) is 1.88. The molecule has 2 amide bonds. The van der Waals surface area contributed by atoms with Gasteiger partial charge >= 0.3 is 0 Å². The second kappa shape index (κ2) is 8.25. The highest BCUT2D eigenvalue weighted by Crippen LogP contribution is 2.26. The zero-order chi connectivity index (χ0) is 21.9. The van der Waals surface area contributed by atoms with Gasteiger partial charge in [0.05, 0.1) is 29.1 Å². The van der Waals surface area contributed by atoms with Crippen molar-refractivity contribution in [1.82, 2.24) is 10.2 Å². The maximum absolute atomic E-state index is 12.8. The van der Waals surface area contributed by atoms with Crippen LogP contribution < -0.4 is 20.5 Å². The van der Waals surface area contributed by atoms with E-state index in [1.54, 1.807) is 31.2 Å². The first kappa shape index (κ1) is 20.9. The van der Waals surface area contributed by atoms with Crippen LogP contribution in [0.1, 0.15) is 26.5 Å². The van der Waals surface area contributed by atoms with Gasteiger partial charge in [0, 0.05) is 5.56 Å². The number of hydrogen-bond acceptors (Lipinski definition) is 6. The lowest BCUT2D eigenvalue weighted by molar-refractivity contribution is 0.0996. The number of aromatic nitrogens is 2. The van der Waals surface area contributed by atoms with Gasteiger partial charge in [0.2, 0.25) is 0 Å². The van der Waals surface area contributed by atoms with Crippen molar-refractivity contribution < 1.29 is 22.7 Å². The molecule has 0 spiro atoms. The van der Waals surface area contributed by atoms with Crippen LogP contribution in [-0.4, -0.2) is 37.5 Å². The number of aryl methyl sites for hydroxylation is 1. The number of amides is 2. The number of methoxy groups -OCH3 is 1. The Bertz CT molecular complexity index is 1220. The lowest BCUT2D eigenvalue weighted by Gasteiger charge is -2.12. The van der Waals surface area contributed by atoms with Crippen LogP contribution in [0.4, 0.5) is 11.4 Å². The average Bonchev–Trinajstić information content (AvgIpc) is 3.08. The number of carbonyl (C=O) groups is 2. The van der Waals surface area contributed by atoms with E-state index in [0.29, 0.717) is 11.4 Å². The Morgan fingerprint density at radius 1 is 1.13 bits per heavy atom. The van der Waals surface area contributed by atoms with Crippen LogP contribution in [0.25, 0.3) is 0 Å². The summed E-state index contributed by atoms with van der Waals surface area (Å²) >= 11 is 0. The van der Waals surface area contributed by atoms with Crippen LogP contribution in [-0.2, 0) is 10.0 Å². The minimum atomic E-state index is -4.00. The first-order chi connectivity index (χ1) is 14.2. The van der Waals surface area contributed by atoms with Crippen molar-refractivity contribution >= 4 is 33.2 Å². The van der Waals surface area contributed by atoms with E-state index in [4.69, 9.17) is 10.5 Å². The molecule has 1 aromatic heterocycles. The van der Waals surface area contributed by atoms with Crippen LogP contribution in [0.2, 0.25) is 0 Å². The normalized spacial score (nSPS) is 11.0. The van der Waals surface area contributed by atoms with Gasteiger partial charge in [-0.05, 0) is 37.3 Å². The van der Waals surface area contributed by atoms with Crippen molar-refractivity contribution in [1.29, 1.82) is 0 Å². The van der Waals surface area contributed by atoms with E-state index in [2.05, 4.69) is 20.2 Å². The fourth-order valence-corrected chi connectivity index (χ4v) is 3.80. The molecular weight excluding hydrogens is 410 g/mol. The second-order valence-electron chi connectivity index (χ2n) is 6.22. The van der Waals surface area contributed by atoms with E-state index >= 15 is 0 Å². The molecule has 10 nitrogen and oxygen atoms in total. The Labute approximate surface area is 172 Å². The van der Waals surface area contributed by atoms with E-state index in [1.807, 2.05) is 0 Å². The van der Waals surface area contributed by atoms with E-state index in [0.717, 1.165) is 0 Å². The summed E-state index contributed by atoms with van der Waals surface area (Å²) in [6.07, 6.45) is 0. The van der Waals surface area contributed by atoms with E-state index in [1.165, 1.54) is 31.4 Å². The molecule has 1 heterocycles. The van der Waals surface area contributed by atoms with Gasteiger partial charge in [-0.1, -0.05) is 18.2 Å². The van der Waals surface area contributed by atoms with Crippen LogP contribution in [0.3, 0.4) is 0 Å². The molecule has 11 heteroatoms. The highest BCUT2D eigenvalue weighted by molar-refractivity contribution is 7.92. The molecule has 0 radical (unpaired) electrons. The number of hydrogen-bond donors (Lipinski definition) is 4. The lowest BCUT2D eigenvalue weighted by Crippen LogP contribution is -2.19. The molecule has 3 aromatic rings. The first-order valence-corrected chi connectivity index (χ1v) is 10.1. The molecular formula is C19H19N5O5S. The van der Waals surface area contributed by atoms with Crippen LogP contribution in [0.5, 0.6) is 5.75 Å². The summed E-state index contributed by atoms with van der Waals surface area (Å²) in [7, 11) is -2.57. The third-order valence-electron chi connectivity index (χ3n) is 4.18. The van der Waals surface area contributed by atoms with Gasteiger partial charge in [0.1, 0.15) is 5.75 Å². The number of ether oxygens (including phenoxy) is 1. The van der Waals surface area contributed by atoms with Gasteiger partial charge in [0.15, 0.2) is 5.69 Å². The Hall–Kier alpha value is -3.86. The quantitative estimate of drug-likeness (QED) is 0.449. The molecule has 0 bridgehead atoms.